The maximum Gasteiger partial charge on any atom is 0.159 e. The van der Waals surface area contributed by atoms with Gasteiger partial charge >= 0.3 is 0 Å². The number of nitrogens with zero attached hydrogens (tertiary/aromatic N) is 4. The van der Waals surface area contributed by atoms with Gasteiger partial charge in [0.25, 0.3) is 0 Å². The Kier molecular flexibility index (Phi) is 4.59. The summed E-state index contributed by atoms with van der Waals surface area (Å²) in [5.74, 6) is 0.940. The SMILES string of the molecule is c1ccc2nc(-c3ccc(-c4nnc(N5CCOCC5)c5ccccc45)s3)ccc2c1. The molecule has 4 heterocycles. The van der Waals surface area contributed by atoms with E-state index in [4.69, 9.17) is 9.72 Å². The van der Waals surface area contributed by atoms with Crippen LogP contribution in [-0.4, -0.2) is 41.5 Å². The van der Waals surface area contributed by atoms with Gasteiger partial charge in [0, 0.05) is 29.2 Å². The third-order valence-electron chi connectivity index (χ3n) is 5.67. The summed E-state index contributed by atoms with van der Waals surface area (Å²) in [6.45, 7) is 3.14. The summed E-state index contributed by atoms with van der Waals surface area (Å²) in [6, 6.07) is 25.1. The molecule has 1 aliphatic heterocycles. The number of para-hydroxylation sites is 1. The second-order valence-electron chi connectivity index (χ2n) is 7.57. The van der Waals surface area contributed by atoms with E-state index in [-0.39, 0.29) is 0 Å². The Balaban J connectivity index is 1.42. The van der Waals surface area contributed by atoms with Crippen molar-refractivity contribution in [2.24, 2.45) is 0 Å². The van der Waals surface area contributed by atoms with Crippen LogP contribution in [0.15, 0.2) is 72.8 Å². The average molecular weight is 425 g/mol. The topological polar surface area (TPSA) is 51.1 Å². The van der Waals surface area contributed by atoms with E-state index in [0.29, 0.717) is 0 Å². The molecule has 0 unspecified atom stereocenters. The summed E-state index contributed by atoms with van der Waals surface area (Å²) in [6.07, 6.45) is 0. The normalized spacial score (nSPS) is 14.4. The minimum absolute atomic E-state index is 0.727. The maximum absolute atomic E-state index is 5.50. The van der Waals surface area contributed by atoms with Gasteiger partial charge in [-0.1, -0.05) is 48.5 Å². The number of hydrogen-bond donors (Lipinski definition) is 0. The predicted octanol–water partition coefficient (Wildman–Crippen LogP) is 5.41. The molecule has 0 bridgehead atoms. The Bertz CT molecular complexity index is 1390. The molecule has 31 heavy (non-hydrogen) atoms. The van der Waals surface area contributed by atoms with Crippen LogP contribution in [-0.2, 0) is 4.74 Å². The first kappa shape index (κ1) is 18.4. The molecule has 152 valence electrons. The molecule has 1 aliphatic rings. The summed E-state index contributed by atoms with van der Waals surface area (Å²) >= 11 is 1.71. The molecule has 0 amide bonds. The molecule has 1 saturated heterocycles. The minimum Gasteiger partial charge on any atom is -0.378 e. The highest BCUT2D eigenvalue weighted by molar-refractivity contribution is 7.18. The van der Waals surface area contributed by atoms with Gasteiger partial charge in [0.2, 0.25) is 0 Å². The lowest BCUT2D eigenvalue weighted by molar-refractivity contribution is 0.122. The van der Waals surface area contributed by atoms with Crippen molar-refractivity contribution in [3.05, 3.63) is 72.8 Å². The number of rotatable bonds is 3. The van der Waals surface area contributed by atoms with Crippen LogP contribution in [0, 0.1) is 0 Å². The third kappa shape index (κ3) is 3.34. The standard InChI is InChI=1S/C25H20N4OS/c1-4-8-20-17(5-1)9-10-21(26-20)22-11-12-23(31-22)24-18-6-2-3-7-19(18)25(28-27-24)29-13-15-30-16-14-29/h1-12H,13-16H2. The van der Waals surface area contributed by atoms with Gasteiger partial charge < -0.3 is 9.64 Å². The second-order valence-corrected chi connectivity index (χ2v) is 8.65. The fourth-order valence-electron chi connectivity index (χ4n) is 4.09. The zero-order valence-electron chi connectivity index (χ0n) is 16.9. The van der Waals surface area contributed by atoms with E-state index in [1.54, 1.807) is 11.3 Å². The van der Waals surface area contributed by atoms with Crippen LogP contribution in [0.4, 0.5) is 5.82 Å². The molecule has 5 nitrogen and oxygen atoms in total. The molecule has 0 radical (unpaired) electrons. The van der Waals surface area contributed by atoms with E-state index < -0.39 is 0 Å². The largest absolute Gasteiger partial charge is 0.378 e. The number of fused-ring (bicyclic) bond motifs is 2. The van der Waals surface area contributed by atoms with Crippen molar-refractivity contribution in [1.82, 2.24) is 15.2 Å². The molecule has 6 heteroatoms. The molecule has 6 rings (SSSR count). The first-order chi connectivity index (χ1) is 15.4. The quantitative estimate of drug-likeness (QED) is 0.388. The molecule has 1 fully saturated rings. The number of thiophene rings is 1. The molecular weight excluding hydrogens is 404 g/mol. The van der Waals surface area contributed by atoms with E-state index in [9.17, 15) is 0 Å². The van der Waals surface area contributed by atoms with Crippen molar-refractivity contribution in [3.8, 4) is 21.1 Å². The van der Waals surface area contributed by atoms with Crippen LogP contribution in [0.1, 0.15) is 0 Å². The number of ether oxygens (including phenoxy) is 1. The van der Waals surface area contributed by atoms with Gasteiger partial charge in [-0.2, -0.15) is 0 Å². The van der Waals surface area contributed by atoms with Crippen molar-refractivity contribution in [3.63, 3.8) is 0 Å². The van der Waals surface area contributed by atoms with E-state index >= 15 is 0 Å². The molecule has 0 saturated carbocycles. The van der Waals surface area contributed by atoms with Crippen LogP contribution in [0.2, 0.25) is 0 Å². The van der Waals surface area contributed by atoms with Crippen molar-refractivity contribution in [2.45, 2.75) is 0 Å². The van der Waals surface area contributed by atoms with Crippen molar-refractivity contribution < 1.29 is 4.74 Å². The molecule has 0 N–H and O–H groups in total. The van der Waals surface area contributed by atoms with Gasteiger partial charge in [0.05, 0.1) is 34.2 Å². The number of benzene rings is 2. The lowest BCUT2D eigenvalue weighted by Crippen LogP contribution is -2.37. The highest BCUT2D eigenvalue weighted by Gasteiger charge is 2.19. The lowest BCUT2D eigenvalue weighted by Gasteiger charge is -2.28. The number of aromatic nitrogens is 3. The Morgan fingerprint density at radius 3 is 2.42 bits per heavy atom. The fraction of sp³-hybridized carbons (Fsp3) is 0.160. The van der Waals surface area contributed by atoms with Crippen LogP contribution in [0.5, 0.6) is 0 Å². The summed E-state index contributed by atoms with van der Waals surface area (Å²) in [5, 5.41) is 12.7. The van der Waals surface area contributed by atoms with Crippen molar-refractivity contribution >= 4 is 38.8 Å². The van der Waals surface area contributed by atoms with Gasteiger partial charge in [-0.3, -0.25) is 0 Å². The van der Waals surface area contributed by atoms with Crippen LogP contribution in [0.3, 0.4) is 0 Å². The maximum atomic E-state index is 5.50. The highest BCUT2D eigenvalue weighted by atomic mass is 32.1. The molecule has 0 aliphatic carbocycles. The van der Waals surface area contributed by atoms with E-state index in [2.05, 4.69) is 75.8 Å². The Morgan fingerprint density at radius 1 is 0.742 bits per heavy atom. The first-order valence-electron chi connectivity index (χ1n) is 10.4. The summed E-state index contributed by atoms with van der Waals surface area (Å²) in [4.78, 5) is 9.34. The smallest absolute Gasteiger partial charge is 0.159 e. The molecule has 2 aromatic carbocycles. The summed E-state index contributed by atoms with van der Waals surface area (Å²) in [7, 11) is 0. The molecule has 0 atom stereocenters. The van der Waals surface area contributed by atoms with Crippen molar-refractivity contribution in [2.75, 3.05) is 31.2 Å². The second kappa shape index (κ2) is 7.72. The number of hydrogen-bond acceptors (Lipinski definition) is 6. The monoisotopic (exact) mass is 424 g/mol. The van der Waals surface area contributed by atoms with Gasteiger partial charge in [-0.05, 0) is 24.3 Å². The first-order valence-corrected chi connectivity index (χ1v) is 11.2. The van der Waals surface area contributed by atoms with Gasteiger partial charge in [0.15, 0.2) is 5.82 Å². The highest BCUT2D eigenvalue weighted by Crippen LogP contribution is 2.38. The van der Waals surface area contributed by atoms with Crippen molar-refractivity contribution in [1.29, 1.82) is 0 Å². The number of anilines is 1. The van der Waals surface area contributed by atoms with Crippen LogP contribution < -0.4 is 4.90 Å². The van der Waals surface area contributed by atoms with E-state index in [1.165, 1.54) is 0 Å². The summed E-state index contributed by atoms with van der Waals surface area (Å²) < 4.78 is 5.50. The Morgan fingerprint density at radius 2 is 1.52 bits per heavy atom. The Hall–Kier alpha value is -3.35. The van der Waals surface area contributed by atoms with Gasteiger partial charge in [0.1, 0.15) is 5.69 Å². The zero-order valence-corrected chi connectivity index (χ0v) is 17.7. The minimum atomic E-state index is 0.727. The predicted molar refractivity (Wildman–Crippen MR) is 127 cm³/mol. The molecule has 0 spiro atoms. The molecular formula is C25H20N4OS. The summed E-state index contributed by atoms with van der Waals surface area (Å²) in [5.41, 5.74) is 2.91. The van der Waals surface area contributed by atoms with E-state index in [1.807, 2.05) is 12.1 Å². The lowest BCUT2D eigenvalue weighted by atomic mass is 10.1. The van der Waals surface area contributed by atoms with Gasteiger partial charge in [-0.15, -0.1) is 21.5 Å². The number of pyridine rings is 1. The zero-order chi connectivity index (χ0) is 20.6. The Labute approximate surface area is 184 Å². The van der Waals surface area contributed by atoms with Crippen LogP contribution in [0.25, 0.3) is 42.8 Å². The third-order valence-corrected chi connectivity index (χ3v) is 6.78. The van der Waals surface area contributed by atoms with Crippen LogP contribution >= 0.6 is 11.3 Å². The molecule has 3 aromatic heterocycles. The number of morpholine rings is 1. The average Bonchev–Trinajstić information content (AvgIpc) is 3.34. The fourth-order valence-corrected chi connectivity index (χ4v) is 5.06. The van der Waals surface area contributed by atoms with Gasteiger partial charge in [-0.25, -0.2) is 4.98 Å². The van der Waals surface area contributed by atoms with E-state index in [0.717, 1.165) is 74.9 Å². The molecule has 5 aromatic rings.